The Bertz CT molecular complexity index is 845. The van der Waals surface area contributed by atoms with Crippen LogP contribution in [0.5, 0.6) is 0 Å². The van der Waals surface area contributed by atoms with E-state index in [1.807, 2.05) is 43.3 Å². The summed E-state index contributed by atoms with van der Waals surface area (Å²) in [6.45, 7) is 1.89. The number of fused-ring (bicyclic) bond motifs is 1. The second-order valence-corrected chi connectivity index (χ2v) is 6.81. The number of hydrogen-bond acceptors (Lipinski definition) is 4. The second kappa shape index (κ2) is 6.76. The zero-order valence-electron chi connectivity index (χ0n) is 14.2. The number of Topliss-reactive ketones (excluding diaryl/α,β-unsaturated/α-hetero) is 1. The van der Waals surface area contributed by atoms with Crippen LogP contribution >= 0.6 is 0 Å². The molecule has 1 aliphatic carbocycles. The summed E-state index contributed by atoms with van der Waals surface area (Å²) < 4.78 is 0. The molecule has 0 unspecified atom stereocenters. The molecule has 2 aromatic rings. The minimum absolute atomic E-state index is 0.140. The predicted molar refractivity (Wildman–Crippen MR) is 96.9 cm³/mol. The van der Waals surface area contributed by atoms with Gasteiger partial charge in [0.15, 0.2) is 0 Å². The SMILES string of the molecule is C[C@@H](N)c1ccc2ccc(/C=C/C3(C(=O)O)CCC(=O)CC3)cc2n1. The van der Waals surface area contributed by atoms with Crippen LogP contribution in [-0.4, -0.2) is 21.8 Å². The summed E-state index contributed by atoms with van der Waals surface area (Å²) in [7, 11) is 0. The molecule has 0 amide bonds. The second-order valence-electron chi connectivity index (χ2n) is 6.81. The molecule has 1 atom stereocenters. The minimum Gasteiger partial charge on any atom is -0.481 e. The van der Waals surface area contributed by atoms with Crippen molar-refractivity contribution < 1.29 is 14.7 Å². The van der Waals surface area contributed by atoms with E-state index in [2.05, 4.69) is 4.98 Å². The molecule has 1 aromatic heterocycles. The normalized spacial score (nSPS) is 18.6. The van der Waals surface area contributed by atoms with Crippen molar-refractivity contribution in [1.29, 1.82) is 0 Å². The van der Waals surface area contributed by atoms with Crippen LogP contribution in [0.1, 0.15) is 49.9 Å². The smallest absolute Gasteiger partial charge is 0.313 e. The van der Waals surface area contributed by atoms with Crippen molar-refractivity contribution in [2.75, 3.05) is 0 Å². The molecule has 0 aliphatic heterocycles. The number of pyridine rings is 1. The Balaban J connectivity index is 1.91. The summed E-state index contributed by atoms with van der Waals surface area (Å²) in [6.07, 6.45) is 4.93. The van der Waals surface area contributed by atoms with Gasteiger partial charge in [-0.25, -0.2) is 0 Å². The lowest BCUT2D eigenvalue weighted by Crippen LogP contribution is -2.33. The van der Waals surface area contributed by atoms with Gasteiger partial charge >= 0.3 is 5.97 Å². The van der Waals surface area contributed by atoms with E-state index < -0.39 is 11.4 Å². The fourth-order valence-electron chi connectivity index (χ4n) is 3.19. The van der Waals surface area contributed by atoms with E-state index in [1.54, 1.807) is 6.08 Å². The number of nitrogens with two attached hydrogens (primary N) is 1. The number of ketones is 1. The van der Waals surface area contributed by atoms with Crippen LogP contribution in [0.2, 0.25) is 0 Å². The van der Waals surface area contributed by atoms with Crippen LogP contribution < -0.4 is 5.73 Å². The average Bonchev–Trinajstić information content (AvgIpc) is 2.60. The van der Waals surface area contributed by atoms with Crippen LogP contribution in [0, 0.1) is 5.41 Å². The number of hydrogen-bond donors (Lipinski definition) is 2. The Morgan fingerprint density at radius 1 is 1.28 bits per heavy atom. The van der Waals surface area contributed by atoms with Crippen LogP contribution in [0.25, 0.3) is 17.0 Å². The number of rotatable bonds is 4. The van der Waals surface area contributed by atoms with Gasteiger partial charge in [-0.1, -0.05) is 30.4 Å². The molecule has 1 aliphatic rings. The van der Waals surface area contributed by atoms with Crippen LogP contribution in [-0.2, 0) is 9.59 Å². The molecule has 130 valence electrons. The number of carbonyl (C=O) groups excluding carboxylic acids is 1. The van der Waals surface area contributed by atoms with E-state index in [0.717, 1.165) is 22.2 Å². The first kappa shape index (κ1) is 17.3. The summed E-state index contributed by atoms with van der Waals surface area (Å²) >= 11 is 0. The highest BCUT2D eigenvalue weighted by atomic mass is 16.4. The van der Waals surface area contributed by atoms with Gasteiger partial charge in [-0.2, -0.15) is 0 Å². The van der Waals surface area contributed by atoms with Crippen molar-refractivity contribution in [3.8, 4) is 0 Å². The van der Waals surface area contributed by atoms with Crippen molar-refractivity contribution in [2.45, 2.75) is 38.6 Å². The molecule has 0 radical (unpaired) electrons. The highest BCUT2D eigenvalue weighted by molar-refractivity contribution is 5.86. The number of nitrogens with zero attached hydrogens (tertiary/aromatic N) is 1. The van der Waals surface area contributed by atoms with Crippen molar-refractivity contribution in [2.24, 2.45) is 11.1 Å². The third kappa shape index (κ3) is 3.61. The lowest BCUT2D eigenvalue weighted by Gasteiger charge is -2.29. The summed E-state index contributed by atoms with van der Waals surface area (Å²) in [5.74, 6) is -0.724. The van der Waals surface area contributed by atoms with Crippen LogP contribution in [0.4, 0.5) is 0 Å². The van der Waals surface area contributed by atoms with Crippen molar-refractivity contribution >= 4 is 28.7 Å². The highest BCUT2D eigenvalue weighted by Crippen LogP contribution is 2.37. The summed E-state index contributed by atoms with van der Waals surface area (Å²) in [4.78, 5) is 27.8. The molecule has 0 spiro atoms. The summed E-state index contributed by atoms with van der Waals surface area (Å²) in [6, 6.07) is 9.60. The van der Waals surface area contributed by atoms with E-state index in [9.17, 15) is 14.7 Å². The van der Waals surface area contributed by atoms with Gasteiger partial charge in [-0.3, -0.25) is 14.6 Å². The zero-order chi connectivity index (χ0) is 18.0. The first-order chi connectivity index (χ1) is 11.9. The Labute approximate surface area is 146 Å². The number of aliphatic carboxylic acids is 1. The molecule has 3 N–H and O–H groups in total. The maximum atomic E-state index is 11.7. The van der Waals surface area contributed by atoms with Gasteiger partial charge in [0.05, 0.1) is 16.6 Å². The Morgan fingerprint density at radius 2 is 1.96 bits per heavy atom. The molecule has 1 fully saturated rings. The molecule has 1 aromatic carbocycles. The minimum atomic E-state index is -0.954. The van der Waals surface area contributed by atoms with Gasteiger partial charge in [0, 0.05) is 24.3 Å². The van der Waals surface area contributed by atoms with Gasteiger partial charge in [-0.15, -0.1) is 0 Å². The molecular weight excluding hydrogens is 316 g/mol. The fraction of sp³-hybridized carbons (Fsp3) is 0.350. The lowest BCUT2D eigenvalue weighted by atomic mass is 9.73. The van der Waals surface area contributed by atoms with Gasteiger partial charge in [0.1, 0.15) is 5.78 Å². The predicted octanol–water partition coefficient (Wildman–Crippen LogP) is 3.48. The molecule has 0 bridgehead atoms. The molecule has 5 heteroatoms. The van der Waals surface area contributed by atoms with Gasteiger partial charge in [0.25, 0.3) is 0 Å². The van der Waals surface area contributed by atoms with E-state index in [1.165, 1.54) is 0 Å². The molecular formula is C20H22N2O3. The number of carboxylic acids is 1. The van der Waals surface area contributed by atoms with Crippen molar-refractivity contribution in [3.05, 3.63) is 47.7 Å². The first-order valence-corrected chi connectivity index (χ1v) is 8.50. The maximum absolute atomic E-state index is 11.7. The maximum Gasteiger partial charge on any atom is 0.313 e. The standard InChI is InChI=1S/C20H22N2O3/c1-13(21)17-5-4-15-3-2-14(12-18(15)22-17)6-9-20(19(24)25)10-7-16(23)8-11-20/h2-6,9,12-13H,7-8,10-11,21H2,1H3,(H,24,25)/b9-6+/t13-/m1/s1. The monoisotopic (exact) mass is 338 g/mol. The van der Waals surface area contributed by atoms with E-state index in [0.29, 0.717) is 25.7 Å². The van der Waals surface area contributed by atoms with E-state index in [-0.39, 0.29) is 11.8 Å². The largest absolute Gasteiger partial charge is 0.481 e. The molecule has 25 heavy (non-hydrogen) atoms. The lowest BCUT2D eigenvalue weighted by molar-refractivity contribution is -0.148. The van der Waals surface area contributed by atoms with Gasteiger partial charge in [0.2, 0.25) is 0 Å². The number of carboxylic acid groups (broad SMARTS) is 1. The van der Waals surface area contributed by atoms with Crippen molar-refractivity contribution in [1.82, 2.24) is 4.98 Å². The third-order valence-electron chi connectivity index (χ3n) is 4.92. The van der Waals surface area contributed by atoms with Crippen LogP contribution in [0.15, 0.2) is 36.4 Å². The van der Waals surface area contributed by atoms with Crippen molar-refractivity contribution in [3.63, 3.8) is 0 Å². The Hall–Kier alpha value is -2.53. The molecule has 1 heterocycles. The Morgan fingerprint density at radius 3 is 2.60 bits per heavy atom. The molecule has 1 saturated carbocycles. The first-order valence-electron chi connectivity index (χ1n) is 8.50. The topological polar surface area (TPSA) is 93.3 Å². The zero-order valence-corrected chi connectivity index (χ0v) is 14.2. The molecule has 3 rings (SSSR count). The highest BCUT2D eigenvalue weighted by Gasteiger charge is 2.39. The van der Waals surface area contributed by atoms with E-state index in [4.69, 9.17) is 5.73 Å². The molecule has 0 saturated heterocycles. The Kier molecular flexibility index (Phi) is 4.68. The van der Waals surface area contributed by atoms with Gasteiger partial charge in [-0.05, 0) is 37.5 Å². The molecule has 5 nitrogen and oxygen atoms in total. The fourth-order valence-corrected chi connectivity index (χ4v) is 3.19. The summed E-state index contributed by atoms with van der Waals surface area (Å²) in [5, 5.41) is 10.6. The average molecular weight is 338 g/mol. The number of benzene rings is 1. The third-order valence-corrected chi connectivity index (χ3v) is 4.92. The van der Waals surface area contributed by atoms with Crippen LogP contribution in [0.3, 0.4) is 0 Å². The quantitative estimate of drug-likeness (QED) is 0.890. The number of aromatic nitrogens is 1. The summed E-state index contributed by atoms with van der Waals surface area (Å²) in [5.41, 5.74) is 7.48. The van der Waals surface area contributed by atoms with Gasteiger partial charge < -0.3 is 10.8 Å². The number of carbonyl (C=O) groups is 2. The van der Waals surface area contributed by atoms with E-state index >= 15 is 0 Å².